The maximum atomic E-state index is 5.40. The Morgan fingerprint density at radius 1 is 1.22 bits per heavy atom. The van der Waals surface area contributed by atoms with Crippen molar-refractivity contribution in [2.75, 3.05) is 14.2 Å². The van der Waals surface area contributed by atoms with Crippen molar-refractivity contribution in [3.63, 3.8) is 0 Å². The van der Waals surface area contributed by atoms with Crippen molar-refractivity contribution in [2.24, 2.45) is 0 Å². The van der Waals surface area contributed by atoms with Crippen LogP contribution in [-0.4, -0.2) is 20.2 Å². The van der Waals surface area contributed by atoms with Crippen LogP contribution in [0.1, 0.15) is 11.1 Å². The van der Waals surface area contributed by atoms with Gasteiger partial charge in [0.1, 0.15) is 5.75 Å². The summed E-state index contributed by atoms with van der Waals surface area (Å²) in [5.41, 5.74) is 2.66. The minimum absolute atomic E-state index is 0.441. The van der Waals surface area contributed by atoms with E-state index in [1.807, 2.05) is 19.2 Å². The van der Waals surface area contributed by atoms with Crippen molar-refractivity contribution in [1.82, 2.24) is 5.32 Å². The summed E-state index contributed by atoms with van der Waals surface area (Å²) < 4.78 is 5.40. The van der Waals surface area contributed by atoms with Crippen molar-refractivity contribution < 1.29 is 4.74 Å². The Labute approximate surface area is 113 Å². The molecule has 0 aliphatic rings. The summed E-state index contributed by atoms with van der Waals surface area (Å²) in [5, 5.41) is 7.73. The maximum Gasteiger partial charge on any atom is 0.122 e. The molecule has 0 bridgehead atoms. The highest BCUT2D eigenvalue weighted by atomic mass is 32.1. The van der Waals surface area contributed by atoms with E-state index in [1.54, 1.807) is 18.4 Å². The van der Waals surface area contributed by atoms with E-state index in [1.165, 1.54) is 11.1 Å². The molecule has 0 aliphatic heterocycles. The second kappa shape index (κ2) is 6.57. The van der Waals surface area contributed by atoms with Crippen molar-refractivity contribution in [3.05, 3.63) is 52.2 Å². The van der Waals surface area contributed by atoms with Crippen molar-refractivity contribution >= 4 is 11.3 Å². The highest BCUT2D eigenvalue weighted by Gasteiger charge is 2.11. The van der Waals surface area contributed by atoms with Crippen LogP contribution in [0.25, 0.3) is 0 Å². The Bertz CT molecular complexity index is 467. The molecule has 2 aromatic rings. The Hall–Kier alpha value is -1.32. The third-order valence-corrected chi connectivity index (χ3v) is 3.86. The minimum atomic E-state index is 0.441. The molecule has 1 aromatic heterocycles. The molecule has 96 valence electrons. The van der Waals surface area contributed by atoms with E-state index < -0.39 is 0 Å². The van der Waals surface area contributed by atoms with E-state index in [-0.39, 0.29) is 0 Å². The highest BCUT2D eigenvalue weighted by Crippen LogP contribution is 2.20. The van der Waals surface area contributed by atoms with Gasteiger partial charge in [-0.1, -0.05) is 18.2 Å². The highest BCUT2D eigenvalue weighted by molar-refractivity contribution is 7.07. The van der Waals surface area contributed by atoms with Gasteiger partial charge in [0.15, 0.2) is 0 Å². The quantitative estimate of drug-likeness (QED) is 0.862. The number of rotatable bonds is 6. The third-order valence-electron chi connectivity index (χ3n) is 3.13. The van der Waals surface area contributed by atoms with Gasteiger partial charge in [-0.3, -0.25) is 0 Å². The fourth-order valence-electron chi connectivity index (χ4n) is 2.11. The van der Waals surface area contributed by atoms with Crippen molar-refractivity contribution in [2.45, 2.75) is 18.9 Å². The average molecular weight is 261 g/mol. The summed E-state index contributed by atoms with van der Waals surface area (Å²) in [4.78, 5) is 0. The molecule has 1 aromatic carbocycles. The molecule has 0 aliphatic carbocycles. The molecule has 2 nitrogen and oxygen atoms in total. The lowest BCUT2D eigenvalue weighted by atomic mass is 10.00. The van der Waals surface area contributed by atoms with Gasteiger partial charge in [-0.25, -0.2) is 0 Å². The van der Waals surface area contributed by atoms with Crippen LogP contribution >= 0.6 is 11.3 Å². The molecular weight excluding hydrogens is 242 g/mol. The smallest absolute Gasteiger partial charge is 0.122 e. The van der Waals surface area contributed by atoms with Crippen LogP contribution in [-0.2, 0) is 12.8 Å². The lowest BCUT2D eigenvalue weighted by Crippen LogP contribution is -2.29. The first-order chi connectivity index (χ1) is 8.83. The number of para-hydroxylation sites is 1. The Balaban J connectivity index is 2.05. The zero-order valence-electron chi connectivity index (χ0n) is 10.8. The zero-order chi connectivity index (χ0) is 12.8. The van der Waals surface area contributed by atoms with Gasteiger partial charge < -0.3 is 10.1 Å². The van der Waals surface area contributed by atoms with E-state index >= 15 is 0 Å². The summed E-state index contributed by atoms with van der Waals surface area (Å²) in [6.45, 7) is 0. The zero-order valence-corrected chi connectivity index (χ0v) is 11.7. The molecule has 0 radical (unpaired) electrons. The Kier molecular flexibility index (Phi) is 4.79. The van der Waals surface area contributed by atoms with Gasteiger partial charge in [-0.15, -0.1) is 0 Å². The predicted molar refractivity (Wildman–Crippen MR) is 77.6 cm³/mol. The normalized spacial score (nSPS) is 12.3. The number of benzene rings is 1. The van der Waals surface area contributed by atoms with Gasteiger partial charge in [-0.2, -0.15) is 11.3 Å². The van der Waals surface area contributed by atoms with E-state index in [0.29, 0.717) is 6.04 Å². The first-order valence-corrected chi connectivity index (χ1v) is 7.08. The number of ether oxygens (including phenoxy) is 1. The molecule has 18 heavy (non-hydrogen) atoms. The molecule has 2 rings (SSSR count). The van der Waals surface area contributed by atoms with Crippen molar-refractivity contribution in [1.29, 1.82) is 0 Å². The second-order valence-electron chi connectivity index (χ2n) is 4.34. The number of likely N-dealkylation sites (N-methyl/N-ethyl adjacent to an activating group) is 1. The summed E-state index contributed by atoms with van der Waals surface area (Å²) >= 11 is 1.75. The number of nitrogens with one attached hydrogen (secondary N) is 1. The van der Waals surface area contributed by atoms with Crippen LogP contribution in [0.4, 0.5) is 0 Å². The molecule has 0 saturated carbocycles. The molecule has 1 unspecified atom stereocenters. The number of hydrogen-bond donors (Lipinski definition) is 1. The lowest BCUT2D eigenvalue weighted by Gasteiger charge is -2.17. The predicted octanol–water partition coefficient (Wildman–Crippen LogP) is 3.13. The first-order valence-electron chi connectivity index (χ1n) is 6.13. The molecule has 0 saturated heterocycles. The topological polar surface area (TPSA) is 21.3 Å². The fraction of sp³-hybridized carbons (Fsp3) is 0.333. The number of hydrogen-bond acceptors (Lipinski definition) is 3. The monoisotopic (exact) mass is 261 g/mol. The van der Waals surface area contributed by atoms with Gasteiger partial charge in [0.2, 0.25) is 0 Å². The van der Waals surface area contributed by atoms with Gasteiger partial charge in [0.25, 0.3) is 0 Å². The third kappa shape index (κ3) is 3.34. The molecule has 1 N–H and O–H groups in total. The van der Waals surface area contributed by atoms with Gasteiger partial charge >= 0.3 is 0 Å². The number of methoxy groups -OCH3 is 1. The van der Waals surface area contributed by atoms with Gasteiger partial charge in [0, 0.05) is 6.04 Å². The fourth-order valence-corrected chi connectivity index (χ4v) is 2.79. The summed E-state index contributed by atoms with van der Waals surface area (Å²) in [6, 6.07) is 10.9. The van der Waals surface area contributed by atoms with Crippen LogP contribution in [0.5, 0.6) is 5.75 Å². The van der Waals surface area contributed by atoms with E-state index in [2.05, 4.69) is 34.3 Å². The molecular formula is C15H19NOS. The van der Waals surface area contributed by atoms with Gasteiger partial charge in [-0.05, 0) is 53.9 Å². The van der Waals surface area contributed by atoms with Gasteiger partial charge in [0.05, 0.1) is 7.11 Å². The van der Waals surface area contributed by atoms with E-state index in [0.717, 1.165) is 18.6 Å². The molecule has 0 spiro atoms. The molecule has 3 heteroatoms. The second-order valence-corrected chi connectivity index (χ2v) is 5.12. The van der Waals surface area contributed by atoms with Crippen molar-refractivity contribution in [3.8, 4) is 5.75 Å². The summed E-state index contributed by atoms with van der Waals surface area (Å²) in [7, 11) is 3.75. The molecule has 1 atom stereocenters. The minimum Gasteiger partial charge on any atom is -0.496 e. The van der Waals surface area contributed by atoms with Crippen LogP contribution in [0.15, 0.2) is 41.1 Å². The molecule has 1 heterocycles. The summed E-state index contributed by atoms with van der Waals surface area (Å²) in [6.07, 6.45) is 2.04. The number of thiophene rings is 1. The molecule has 0 amide bonds. The Morgan fingerprint density at radius 2 is 2.06 bits per heavy atom. The standard InChI is InChI=1S/C15H19NOS/c1-16-14(9-12-7-8-18-11-12)10-13-5-3-4-6-15(13)17-2/h3-8,11,14,16H,9-10H2,1-2H3. The van der Waals surface area contributed by atoms with E-state index in [9.17, 15) is 0 Å². The summed E-state index contributed by atoms with van der Waals surface area (Å²) in [5.74, 6) is 0.975. The van der Waals surface area contributed by atoms with Crippen LogP contribution in [0.2, 0.25) is 0 Å². The Morgan fingerprint density at radius 3 is 2.72 bits per heavy atom. The lowest BCUT2D eigenvalue weighted by molar-refractivity contribution is 0.406. The van der Waals surface area contributed by atoms with E-state index in [4.69, 9.17) is 4.74 Å². The maximum absolute atomic E-state index is 5.40. The van der Waals surface area contributed by atoms with Crippen LogP contribution in [0.3, 0.4) is 0 Å². The largest absolute Gasteiger partial charge is 0.496 e. The van der Waals surface area contributed by atoms with Crippen LogP contribution in [0, 0.1) is 0 Å². The first kappa shape index (κ1) is 13.1. The SMILES string of the molecule is CNC(Cc1ccsc1)Cc1ccccc1OC. The molecule has 0 fully saturated rings. The van der Waals surface area contributed by atoms with Crippen LogP contribution < -0.4 is 10.1 Å². The average Bonchev–Trinajstić information content (AvgIpc) is 2.91.